The van der Waals surface area contributed by atoms with E-state index in [1.165, 1.54) is 11.3 Å². The van der Waals surface area contributed by atoms with Crippen molar-refractivity contribution in [3.63, 3.8) is 0 Å². The number of hydrogen-bond acceptors (Lipinski definition) is 4. The Labute approximate surface area is 137 Å². The van der Waals surface area contributed by atoms with Gasteiger partial charge in [0, 0.05) is 36.9 Å². The van der Waals surface area contributed by atoms with E-state index in [1.807, 2.05) is 6.92 Å². The second-order valence-corrected chi connectivity index (χ2v) is 9.68. The van der Waals surface area contributed by atoms with Crippen LogP contribution in [-0.4, -0.2) is 56.2 Å². The van der Waals surface area contributed by atoms with E-state index in [2.05, 4.69) is 20.8 Å². The predicted octanol–water partition coefficient (Wildman–Crippen LogP) is 2.75. The molecule has 1 saturated heterocycles. The first-order valence-electron chi connectivity index (χ1n) is 6.49. The maximum absolute atomic E-state index is 12.7. The Kier molecular flexibility index (Phi) is 5.90. The molecule has 0 N–H and O–H groups in total. The molecule has 1 fully saturated rings. The second-order valence-electron chi connectivity index (χ2n) is 4.76. The summed E-state index contributed by atoms with van der Waals surface area (Å²) in [6.45, 7) is 5.43. The normalized spacial score (nSPS) is 19.1. The molecule has 2 rings (SSSR count). The fraction of sp³-hybridized carbons (Fsp3) is 0.667. The lowest BCUT2D eigenvalue weighted by Crippen LogP contribution is -2.35. The fourth-order valence-corrected chi connectivity index (χ4v) is 6.45. The molecule has 4 nitrogen and oxygen atoms in total. The van der Waals surface area contributed by atoms with Gasteiger partial charge in [-0.05, 0) is 41.9 Å². The molecule has 0 bridgehead atoms. The average Bonchev–Trinajstić information content (AvgIpc) is 2.61. The number of thiophene rings is 1. The number of halogens is 2. The monoisotopic (exact) mass is 400 g/mol. The minimum Gasteiger partial charge on any atom is -0.301 e. The van der Waals surface area contributed by atoms with Crippen molar-refractivity contribution >= 4 is 48.9 Å². The van der Waals surface area contributed by atoms with Gasteiger partial charge in [0.05, 0.1) is 8.68 Å². The van der Waals surface area contributed by atoms with Crippen molar-refractivity contribution in [3.05, 3.63) is 14.7 Å². The summed E-state index contributed by atoms with van der Waals surface area (Å²) in [5.41, 5.74) is 0. The zero-order valence-electron chi connectivity index (χ0n) is 11.3. The Balaban J connectivity index is 2.16. The number of rotatable bonds is 4. The van der Waals surface area contributed by atoms with E-state index in [-0.39, 0.29) is 0 Å². The molecule has 0 radical (unpaired) electrons. The molecule has 0 aliphatic carbocycles. The van der Waals surface area contributed by atoms with Crippen molar-refractivity contribution in [2.45, 2.75) is 18.2 Å². The summed E-state index contributed by atoms with van der Waals surface area (Å²) in [6, 6.07) is 1.71. The van der Waals surface area contributed by atoms with Gasteiger partial charge in [-0.3, -0.25) is 0 Å². The second kappa shape index (κ2) is 7.07. The Hall–Kier alpha value is 0.340. The van der Waals surface area contributed by atoms with Crippen LogP contribution in [0.3, 0.4) is 0 Å². The Morgan fingerprint density at radius 3 is 2.70 bits per heavy atom. The fourth-order valence-electron chi connectivity index (χ4n) is 2.36. The minimum absolute atomic E-state index is 0.431. The van der Waals surface area contributed by atoms with Crippen molar-refractivity contribution in [1.29, 1.82) is 0 Å². The van der Waals surface area contributed by atoms with Gasteiger partial charge in [0.15, 0.2) is 0 Å². The Morgan fingerprint density at radius 2 is 2.10 bits per heavy atom. The zero-order chi connectivity index (χ0) is 14.8. The van der Waals surface area contributed by atoms with E-state index < -0.39 is 10.0 Å². The molecule has 1 aliphatic heterocycles. The molecular formula is C12H18BrClN2O2S2. The third-order valence-corrected chi connectivity index (χ3v) is 7.28. The van der Waals surface area contributed by atoms with Gasteiger partial charge >= 0.3 is 0 Å². The van der Waals surface area contributed by atoms with Crippen LogP contribution in [-0.2, 0) is 10.0 Å². The van der Waals surface area contributed by atoms with Gasteiger partial charge in [-0.2, -0.15) is 4.31 Å². The van der Waals surface area contributed by atoms with Crippen LogP contribution in [0.1, 0.15) is 11.3 Å². The maximum Gasteiger partial charge on any atom is 0.244 e. The summed E-state index contributed by atoms with van der Waals surface area (Å²) in [5, 5.41) is 0. The van der Waals surface area contributed by atoms with Gasteiger partial charge in [0.2, 0.25) is 10.0 Å². The maximum atomic E-state index is 12.7. The number of sulfonamides is 1. The molecule has 1 aromatic rings. The topological polar surface area (TPSA) is 40.6 Å². The lowest BCUT2D eigenvalue weighted by atomic mass is 10.4. The molecule has 2 heterocycles. The largest absolute Gasteiger partial charge is 0.301 e. The predicted molar refractivity (Wildman–Crippen MR) is 87.3 cm³/mol. The van der Waals surface area contributed by atoms with Crippen LogP contribution < -0.4 is 0 Å². The lowest BCUT2D eigenvalue weighted by molar-refractivity contribution is 0.303. The van der Waals surface area contributed by atoms with Crippen molar-refractivity contribution in [3.8, 4) is 0 Å². The van der Waals surface area contributed by atoms with E-state index in [4.69, 9.17) is 11.6 Å². The van der Waals surface area contributed by atoms with Crippen LogP contribution in [0.5, 0.6) is 0 Å². The van der Waals surface area contributed by atoms with E-state index in [0.29, 0.717) is 23.9 Å². The highest BCUT2D eigenvalue weighted by Gasteiger charge is 2.29. The summed E-state index contributed by atoms with van der Waals surface area (Å²) < 4.78 is 27.9. The van der Waals surface area contributed by atoms with E-state index in [1.54, 1.807) is 10.4 Å². The van der Waals surface area contributed by atoms with E-state index in [0.717, 1.165) is 34.7 Å². The number of hydrogen-bond donors (Lipinski definition) is 0. The first kappa shape index (κ1) is 16.7. The summed E-state index contributed by atoms with van der Waals surface area (Å²) >= 11 is 10.6. The van der Waals surface area contributed by atoms with Gasteiger partial charge in [-0.25, -0.2) is 8.42 Å². The smallest absolute Gasteiger partial charge is 0.244 e. The zero-order valence-corrected chi connectivity index (χ0v) is 15.3. The lowest BCUT2D eigenvalue weighted by Gasteiger charge is -2.21. The molecule has 20 heavy (non-hydrogen) atoms. The van der Waals surface area contributed by atoms with Crippen LogP contribution in [0.2, 0.25) is 0 Å². The summed E-state index contributed by atoms with van der Waals surface area (Å²) in [7, 11) is -3.38. The average molecular weight is 402 g/mol. The molecule has 114 valence electrons. The number of aryl methyl sites for hydroxylation is 1. The van der Waals surface area contributed by atoms with Gasteiger partial charge in [-0.15, -0.1) is 22.9 Å². The first-order chi connectivity index (χ1) is 9.45. The number of alkyl halides is 1. The van der Waals surface area contributed by atoms with Crippen molar-refractivity contribution in [2.24, 2.45) is 0 Å². The Bertz CT molecular complexity index is 562. The summed E-state index contributed by atoms with van der Waals surface area (Å²) in [4.78, 5) is 3.48. The van der Waals surface area contributed by atoms with Crippen LogP contribution in [0, 0.1) is 6.92 Å². The Morgan fingerprint density at radius 1 is 1.35 bits per heavy atom. The van der Waals surface area contributed by atoms with E-state index in [9.17, 15) is 8.42 Å². The molecule has 0 amide bonds. The molecule has 0 aromatic carbocycles. The van der Waals surface area contributed by atoms with Crippen LogP contribution in [0.25, 0.3) is 0 Å². The molecule has 8 heteroatoms. The first-order valence-corrected chi connectivity index (χ1v) is 10.1. The highest BCUT2D eigenvalue weighted by Crippen LogP contribution is 2.31. The van der Waals surface area contributed by atoms with Gasteiger partial charge in [-0.1, -0.05) is 0 Å². The third kappa shape index (κ3) is 3.75. The van der Waals surface area contributed by atoms with Crippen LogP contribution in [0.4, 0.5) is 0 Å². The molecule has 0 saturated carbocycles. The standard InChI is InChI=1S/C12H18BrClN2O2S2/c1-10-11(9-12(13)19-10)20(17,18)16-5-2-4-15(6-3-14)7-8-16/h9H,2-8H2,1H3. The molecule has 0 atom stereocenters. The number of nitrogens with zero attached hydrogens (tertiary/aromatic N) is 2. The van der Waals surface area contributed by atoms with Crippen molar-refractivity contribution in [2.75, 3.05) is 38.6 Å². The molecular weight excluding hydrogens is 384 g/mol. The van der Waals surface area contributed by atoms with Crippen LogP contribution in [0.15, 0.2) is 14.7 Å². The summed E-state index contributed by atoms with van der Waals surface area (Å²) in [6.07, 6.45) is 0.848. The van der Waals surface area contributed by atoms with Gasteiger partial charge in [0.1, 0.15) is 0 Å². The van der Waals surface area contributed by atoms with E-state index >= 15 is 0 Å². The highest BCUT2D eigenvalue weighted by molar-refractivity contribution is 9.11. The quantitative estimate of drug-likeness (QED) is 0.728. The van der Waals surface area contributed by atoms with Gasteiger partial charge < -0.3 is 4.90 Å². The molecule has 0 spiro atoms. The van der Waals surface area contributed by atoms with Crippen LogP contribution >= 0.6 is 38.9 Å². The SMILES string of the molecule is Cc1sc(Br)cc1S(=O)(=O)N1CCCN(CCCl)CC1. The highest BCUT2D eigenvalue weighted by atomic mass is 79.9. The minimum atomic E-state index is -3.38. The van der Waals surface area contributed by atoms with Crippen molar-refractivity contribution in [1.82, 2.24) is 9.21 Å². The summed E-state index contributed by atoms with van der Waals surface area (Å²) in [5.74, 6) is 0.587. The van der Waals surface area contributed by atoms with Crippen molar-refractivity contribution < 1.29 is 8.42 Å². The molecule has 0 unspecified atom stereocenters. The third-order valence-electron chi connectivity index (χ3n) is 3.41. The van der Waals surface area contributed by atoms with Gasteiger partial charge in [0.25, 0.3) is 0 Å². The molecule has 1 aromatic heterocycles. The molecule has 1 aliphatic rings.